The molecular weight excluding hydrogens is 1130 g/mol. The van der Waals surface area contributed by atoms with Crippen LogP contribution in [0.3, 0.4) is 0 Å². The highest BCUT2D eigenvalue weighted by Gasteiger charge is 2.35. The zero-order valence-corrected chi connectivity index (χ0v) is 48.6. The molecule has 10 amide bonds. The molecule has 2 rings (SSSR count). The summed E-state index contributed by atoms with van der Waals surface area (Å²) in [6.45, 7) is 0.576. The Morgan fingerprint density at radius 3 is 1.44 bits per heavy atom. The van der Waals surface area contributed by atoms with Gasteiger partial charge in [0.05, 0.1) is 32.3 Å². The summed E-state index contributed by atoms with van der Waals surface area (Å²) in [4.78, 5) is 154. The van der Waals surface area contributed by atoms with Crippen molar-refractivity contribution in [2.75, 3.05) is 50.9 Å². The molecule has 0 aliphatic carbocycles. The van der Waals surface area contributed by atoms with E-state index in [-0.39, 0.29) is 68.6 Å². The Morgan fingerprint density at radius 2 is 0.964 bits per heavy atom. The van der Waals surface area contributed by atoms with E-state index in [9.17, 15) is 57.8 Å². The second kappa shape index (κ2) is 39.4. The molecule has 0 aromatic heterocycles. The van der Waals surface area contributed by atoms with Crippen LogP contribution in [0.15, 0.2) is 70.6 Å². The number of nitrogens with one attached hydrogen (secondary N) is 10. The van der Waals surface area contributed by atoms with Crippen molar-refractivity contribution in [3.63, 3.8) is 0 Å². The molecule has 0 aliphatic rings. The van der Waals surface area contributed by atoms with E-state index in [1.165, 1.54) is 0 Å². The van der Waals surface area contributed by atoms with Gasteiger partial charge in [0.1, 0.15) is 54.6 Å². The molecule has 0 saturated heterocycles. The summed E-state index contributed by atoms with van der Waals surface area (Å²) >= 11 is 8.43. The number of aliphatic imine (C=N–C) groups is 2. The number of guanidine groups is 2. The highest BCUT2D eigenvalue weighted by molar-refractivity contribution is 7.80. The number of amides is 10. The minimum atomic E-state index is -1.57. The lowest BCUT2D eigenvalue weighted by Crippen LogP contribution is -2.60. The number of hydrogen-bond acceptors (Lipinski definition) is 18. The van der Waals surface area contributed by atoms with Crippen LogP contribution in [0.2, 0.25) is 0 Å². The average molecular weight is 1220 g/mol. The minimum absolute atomic E-state index is 0.00190. The molecule has 464 valence electrons. The summed E-state index contributed by atoms with van der Waals surface area (Å²) < 4.78 is 0. The number of aldehydes is 1. The second-order valence-electron chi connectivity index (χ2n) is 19.2. The molecule has 0 radical (unpaired) electrons. The van der Waals surface area contributed by atoms with Gasteiger partial charge in [0.25, 0.3) is 0 Å². The Labute approximate surface area is 497 Å². The fourth-order valence-electron chi connectivity index (χ4n) is 7.62. The lowest BCUT2D eigenvalue weighted by Gasteiger charge is -2.29. The van der Waals surface area contributed by atoms with Crippen LogP contribution >= 0.6 is 25.3 Å². The molecule has 32 heteroatoms. The van der Waals surface area contributed by atoms with Crippen molar-refractivity contribution in [1.29, 1.82) is 0 Å². The maximum absolute atomic E-state index is 14.1. The zero-order chi connectivity index (χ0) is 62.7. The maximum atomic E-state index is 14.1. The van der Waals surface area contributed by atoms with Crippen molar-refractivity contribution < 1.29 is 63.0 Å². The number of nitrogens with zero attached hydrogens (tertiary/aromatic N) is 2. The smallest absolute Gasteiger partial charge is 0.245 e. The van der Waals surface area contributed by atoms with Gasteiger partial charge in [-0.3, -0.25) is 57.9 Å². The molecule has 0 heterocycles. The second-order valence-corrected chi connectivity index (χ2v) is 19.9. The van der Waals surface area contributed by atoms with Gasteiger partial charge in [-0.05, 0) is 42.7 Å². The summed E-state index contributed by atoms with van der Waals surface area (Å²) in [7, 11) is 0. The van der Waals surface area contributed by atoms with E-state index >= 15 is 0 Å². The van der Waals surface area contributed by atoms with Crippen molar-refractivity contribution in [3.05, 3.63) is 71.8 Å². The zero-order valence-electron chi connectivity index (χ0n) is 46.8. The monoisotopic (exact) mass is 1220 g/mol. The van der Waals surface area contributed by atoms with Gasteiger partial charge in [0.15, 0.2) is 11.9 Å². The Balaban J connectivity index is 2.22. The molecular formula is C52H81N17O13S2. The molecule has 22 N–H and O–H groups in total. The number of aliphatic hydroxyl groups is 2. The third-order valence-electron chi connectivity index (χ3n) is 12.5. The molecule has 0 fully saturated rings. The van der Waals surface area contributed by atoms with E-state index in [1.807, 2.05) is 0 Å². The van der Waals surface area contributed by atoms with Gasteiger partial charge in [-0.1, -0.05) is 80.9 Å². The van der Waals surface area contributed by atoms with Crippen LogP contribution in [0, 0.1) is 5.92 Å². The summed E-state index contributed by atoms with van der Waals surface area (Å²) in [5.41, 5.74) is 28.4. The number of aliphatic hydroxyl groups excluding tert-OH is 2. The summed E-state index contributed by atoms with van der Waals surface area (Å²) in [6.07, 6.45) is 1.39. The van der Waals surface area contributed by atoms with E-state index in [2.05, 4.69) is 88.4 Å². The van der Waals surface area contributed by atoms with E-state index in [4.69, 9.17) is 33.8 Å². The standard InChI is InChI=1S/C52H81N17O13S2/c1-3-29(2)42(50(82)68-39(28-84)49(81)65-36(21-31-14-8-5-9-15-31)46(78)62-32(24-70)16-10-18-58-51(54)55)69-45(77)34(17-11-19-59-52(56)57)63-41(74)23-60-40(73)22-61-44(76)35(20-30-12-6-4-7-13-30)64-48(80)38(27-83)67-47(79)37(26-72)66-43(75)33(53)25-71/h4-9,12-15,24,29,32-39,42,71-72,83-84H,3,10-11,16-23,25-28,53H2,1-2H3,(H,60,73)(H,61,76)(H,62,78)(H,63,74)(H,64,80)(H,65,81)(H,66,75)(H,67,79)(H,68,82)(H,69,77)(H4,54,55,58)(H4,56,57,59)/t29-,32-,33-,34-,35-,36-,37-,38-,39-,42-/m0/s1. The fourth-order valence-corrected chi connectivity index (χ4v) is 8.14. The molecule has 2 aromatic carbocycles. The number of benzene rings is 2. The van der Waals surface area contributed by atoms with Crippen molar-refractivity contribution >= 4 is 103 Å². The maximum Gasteiger partial charge on any atom is 0.245 e. The van der Waals surface area contributed by atoms with Crippen LogP contribution in [-0.2, 0) is 65.6 Å². The first-order chi connectivity index (χ1) is 40.0. The van der Waals surface area contributed by atoms with Gasteiger partial charge in [-0.15, -0.1) is 0 Å². The number of rotatable bonds is 39. The Bertz CT molecular complexity index is 2550. The predicted molar refractivity (Wildman–Crippen MR) is 317 cm³/mol. The highest BCUT2D eigenvalue weighted by Crippen LogP contribution is 2.12. The number of carbonyl (C=O) groups is 11. The number of thiol groups is 2. The van der Waals surface area contributed by atoms with Crippen molar-refractivity contribution in [2.24, 2.45) is 44.6 Å². The minimum Gasteiger partial charge on any atom is -0.394 e. The molecule has 0 unspecified atom stereocenters. The van der Waals surface area contributed by atoms with E-state index in [0.29, 0.717) is 30.3 Å². The van der Waals surface area contributed by atoms with Gasteiger partial charge < -0.3 is 96.8 Å². The quantitative estimate of drug-likeness (QED) is 0.00972. The lowest BCUT2D eigenvalue weighted by molar-refractivity contribution is -0.135. The molecule has 10 atom stereocenters. The van der Waals surface area contributed by atoms with Crippen molar-refractivity contribution in [1.82, 2.24) is 53.2 Å². The van der Waals surface area contributed by atoms with Gasteiger partial charge in [-0.25, -0.2) is 0 Å². The Hall–Kier alpha value is -8.07. The first kappa shape index (κ1) is 72.0. The van der Waals surface area contributed by atoms with E-state index in [0.717, 1.165) is 0 Å². The van der Waals surface area contributed by atoms with Gasteiger partial charge in [-0.2, -0.15) is 25.3 Å². The SMILES string of the molecule is CC[C@H](C)[C@H](NC(=O)[C@H](CCCN=C(N)N)NC(=O)CNC(=O)CNC(=O)[C@H](Cc1ccccc1)NC(=O)[C@H](CS)NC(=O)[C@H](CO)NC(=O)[C@@H](N)CO)C(=O)N[C@@H](CS)C(=O)N[C@@H](Cc1ccccc1)C(=O)N[C@H](C=O)CCCN=C(N)N. The first-order valence-corrected chi connectivity index (χ1v) is 28.1. The largest absolute Gasteiger partial charge is 0.394 e. The van der Waals surface area contributed by atoms with Crippen molar-refractivity contribution in [2.45, 2.75) is 113 Å². The van der Waals surface area contributed by atoms with Crippen LogP contribution in [0.1, 0.15) is 57.1 Å². The van der Waals surface area contributed by atoms with Gasteiger partial charge >= 0.3 is 0 Å². The summed E-state index contributed by atoms with van der Waals surface area (Å²) in [5, 5.41) is 43.7. The van der Waals surface area contributed by atoms with E-state index in [1.54, 1.807) is 74.5 Å². The highest BCUT2D eigenvalue weighted by atomic mass is 32.1. The van der Waals surface area contributed by atoms with Crippen LogP contribution < -0.4 is 81.8 Å². The number of hydrogen-bond donors (Lipinski definition) is 19. The number of nitrogens with two attached hydrogens (primary N) is 5. The van der Waals surface area contributed by atoms with E-state index < -0.39 is 146 Å². The predicted octanol–water partition coefficient (Wildman–Crippen LogP) is -6.89. The number of carbonyl (C=O) groups excluding carboxylic acids is 11. The Morgan fingerprint density at radius 1 is 0.524 bits per heavy atom. The molecule has 2 aromatic rings. The summed E-state index contributed by atoms with van der Waals surface area (Å²) in [6, 6.07) is 5.21. The molecule has 30 nitrogen and oxygen atoms in total. The average Bonchev–Trinajstić information content (AvgIpc) is 3.56. The molecule has 0 saturated carbocycles. The fraction of sp³-hybridized carbons (Fsp3) is 0.519. The van der Waals surface area contributed by atoms with Crippen LogP contribution in [0.4, 0.5) is 0 Å². The van der Waals surface area contributed by atoms with Crippen LogP contribution in [-0.4, -0.2) is 193 Å². The van der Waals surface area contributed by atoms with Crippen LogP contribution in [0.5, 0.6) is 0 Å². The first-order valence-electron chi connectivity index (χ1n) is 26.8. The lowest BCUT2D eigenvalue weighted by atomic mass is 9.97. The molecule has 0 aliphatic heterocycles. The van der Waals surface area contributed by atoms with Gasteiger partial charge in [0, 0.05) is 37.4 Å². The normalized spacial score (nSPS) is 14.4. The molecule has 0 spiro atoms. The Kier molecular flexibility index (Phi) is 33.8. The third kappa shape index (κ3) is 27.3. The van der Waals surface area contributed by atoms with Crippen LogP contribution in [0.25, 0.3) is 0 Å². The van der Waals surface area contributed by atoms with Crippen molar-refractivity contribution in [3.8, 4) is 0 Å². The topological polar surface area (TPSA) is 503 Å². The molecule has 84 heavy (non-hydrogen) atoms. The van der Waals surface area contributed by atoms with Gasteiger partial charge in [0.2, 0.25) is 59.1 Å². The summed E-state index contributed by atoms with van der Waals surface area (Å²) in [5.74, 6) is -10.1. The third-order valence-corrected chi connectivity index (χ3v) is 13.3. The molecule has 0 bridgehead atoms.